The minimum Gasteiger partial charge on any atom is -0.494 e. The summed E-state index contributed by atoms with van der Waals surface area (Å²) in [7, 11) is -2.95. The maximum atomic E-state index is 12.9. The Bertz CT molecular complexity index is 1200. The van der Waals surface area contributed by atoms with Gasteiger partial charge in [-0.15, -0.1) is 0 Å². The molecule has 0 aliphatic rings. The molecule has 0 saturated heterocycles. The van der Waals surface area contributed by atoms with Crippen LogP contribution in [0.2, 0.25) is 5.02 Å². The molecule has 0 aliphatic heterocycles. The van der Waals surface area contributed by atoms with E-state index >= 15 is 0 Å². The van der Waals surface area contributed by atoms with Crippen LogP contribution >= 0.6 is 11.6 Å². The van der Waals surface area contributed by atoms with Gasteiger partial charge in [0.15, 0.2) is 5.75 Å². The number of halogens is 1. The molecular formula is C21H23ClN4O4S. The molecule has 2 aromatic heterocycles. The van der Waals surface area contributed by atoms with Gasteiger partial charge in [0, 0.05) is 34.1 Å². The molecule has 1 amide bonds. The summed E-state index contributed by atoms with van der Waals surface area (Å²) in [5.41, 5.74) is 1.00. The number of methoxy groups -OCH3 is 1. The number of ether oxygens (including phenoxy) is 1. The number of benzene rings is 1. The van der Waals surface area contributed by atoms with Crippen LogP contribution in [0.4, 0.5) is 0 Å². The molecule has 0 bridgehead atoms. The Morgan fingerprint density at radius 1 is 1.23 bits per heavy atom. The van der Waals surface area contributed by atoms with Crippen molar-refractivity contribution in [2.75, 3.05) is 7.11 Å². The Morgan fingerprint density at radius 3 is 2.55 bits per heavy atom. The minimum absolute atomic E-state index is 0.0425. The van der Waals surface area contributed by atoms with Crippen molar-refractivity contribution in [3.8, 4) is 5.75 Å². The van der Waals surface area contributed by atoms with Crippen molar-refractivity contribution in [2.24, 2.45) is 0 Å². The summed E-state index contributed by atoms with van der Waals surface area (Å²) in [5.74, 6) is -0.779. The van der Waals surface area contributed by atoms with E-state index in [1.54, 1.807) is 35.3 Å². The monoisotopic (exact) mass is 462 g/mol. The van der Waals surface area contributed by atoms with Gasteiger partial charge in [0.1, 0.15) is 0 Å². The molecule has 0 saturated carbocycles. The van der Waals surface area contributed by atoms with Gasteiger partial charge in [0.05, 0.1) is 13.7 Å². The van der Waals surface area contributed by atoms with E-state index in [1.807, 2.05) is 25.5 Å². The van der Waals surface area contributed by atoms with E-state index in [2.05, 4.69) is 10.1 Å². The SMILES string of the molecule is COc1ccc(C(C)(C)C)nc1S(=O)(=O)NC(=O)c1ccc(Cn2cccn2)c(Cl)c1. The molecule has 0 fully saturated rings. The first-order valence-electron chi connectivity index (χ1n) is 9.40. The van der Waals surface area contributed by atoms with Gasteiger partial charge in [-0.25, -0.2) is 9.71 Å². The lowest BCUT2D eigenvalue weighted by atomic mass is 9.92. The summed E-state index contributed by atoms with van der Waals surface area (Å²) in [6.45, 7) is 6.14. The first-order chi connectivity index (χ1) is 14.5. The van der Waals surface area contributed by atoms with E-state index < -0.39 is 21.3 Å². The predicted molar refractivity (Wildman–Crippen MR) is 117 cm³/mol. The number of carbonyl (C=O) groups is 1. The van der Waals surface area contributed by atoms with Crippen LogP contribution in [0.15, 0.2) is 53.8 Å². The fourth-order valence-electron chi connectivity index (χ4n) is 2.81. The maximum absolute atomic E-state index is 12.9. The van der Waals surface area contributed by atoms with Gasteiger partial charge in [0.25, 0.3) is 15.9 Å². The highest BCUT2D eigenvalue weighted by Crippen LogP contribution is 2.27. The van der Waals surface area contributed by atoms with Crippen LogP contribution < -0.4 is 9.46 Å². The summed E-state index contributed by atoms with van der Waals surface area (Å²) in [4.78, 5) is 16.9. The van der Waals surface area contributed by atoms with E-state index in [0.29, 0.717) is 17.3 Å². The Hall–Kier alpha value is -2.91. The van der Waals surface area contributed by atoms with E-state index in [9.17, 15) is 13.2 Å². The normalized spacial score (nSPS) is 11.9. The Kier molecular flexibility index (Phi) is 6.38. The number of nitrogens with one attached hydrogen (secondary N) is 1. The zero-order valence-electron chi connectivity index (χ0n) is 17.6. The first kappa shape index (κ1) is 22.8. The molecule has 0 atom stereocenters. The number of hydrogen-bond acceptors (Lipinski definition) is 6. The molecule has 1 N–H and O–H groups in total. The lowest BCUT2D eigenvalue weighted by molar-refractivity contribution is 0.0981. The molecule has 31 heavy (non-hydrogen) atoms. The summed E-state index contributed by atoms with van der Waals surface area (Å²) in [5, 5.41) is 4.09. The predicted octanol–water partition coefficient (Wildman–Crippen LogP) is 3.40. The number of sulfonamides is 1. The van der Waals surface area contributed by atoms with E-state index in [4.69, 9.17) is 16.3 Å². The quantitative estimate of drug-likeness (QED) is 0.602. The van der Waals surface area contributed by atoms with Gasteiger partial charge < -0.3 is 4.74 Å². The first-order valence-corrected chi connectivity index (χ1v) is 11.3. The van der Waals surface area contributed by atoms with Gasteiger partial charge in [0.2, 0.25) is 5.03 Å². The van der Waals surface area contributed by atoms with Crippen molar-refractivity contribution in [1.82, 2.24) is 19.5 Å². The average Bonchev–Trinajstić information content (AvgIpc) is 3.21. The number of amides is 1. The molecule has 0 unspecified atom stereocenters. The van der Waals surface area contributed by atoms with Gasteiger partial charge in [-0.05, 0) is 35.9 Å². The fraction of sp³-hybridized carbons (Fsp3) is 0.286. The maximum Gasteiger partial charge on any atom is 0.285 e. The molecule has 164 valence electrons. The van der Waals surface area contributed by atoms with Gasteiger partial charge in [-0.1, -0.05) is 38.4 Å². The third-order valence-electron chi connectivity index (χ3n) is 4.50. The smallest absolute Gasteiger partial charge is 0.285 e. The zero-order valence-corrected chi connectivity index (χ0v) is 19.2. The zero-order chi connectivity index (χ0) is 22.8. The van der Waals surface area contributed by atoms with Crippen molar-refractivity contribution in [3.63, 3.8) is 0 Å². The Morgan fingerprint density at radius 2 is 1.97 bits per heavy atom. The lowest BCUT2D eigenvalue weighted by Gasteiger charge is -2.19. The summed E-state index contributed by atoms with van der Waals surface area (Å²) in [6.07, 6.45) is 3.44. The van der Waals surface area contributed by atoms with Crippen LogP contribution in [-0.2, 0) is 22.0 Å². The Balaban J connectivity index is 1.86. The second-order valence-corrected chi connectivity index (χ2v) is 9.90. The topological polar surface area (TPSA) is 103 Å². The summed E-state index contributed by atoms with van der Waals surface area (Å²) >= 11 is 6.29. The van der Waals surface area contributed by atoms with Crippen LogP contribution in [-0.4, -0.2) is 36.2 Å². The van der Waals surface area contributed by atoms with Crippen LogP contribution in [0.3, 0.4) is 0 Å². The second-order valence-electron chi connectivity index (χ2n) is 7.90. The van der Waals surface area contributed by atoms with Crippen molar-refractivity contribution >= 4 is 27.5 Å². The number of aromatic nitrogens is 3. The number of hydrogen-bond donors (Lipinski definition) is 1. The molecule has 0 aliphatic carbocycles. The number of pyridine rings is 1. The van der Waals surface area contributed by atoms with E-state index in [-0.39, 0.29) is 16.3 Å². The van der Waals surface area contributed by atoms with Crippen LogP contribution in [0.1, 0.15) is 42.4 Å². The van der Waals surface area contributed by atoms with Gasteiger partial charge >= 0.3 is 0 Å². The van der Waals surface area contributed by atoms with Crippen molar-refractivity contribution < 1.29 is 17.9 Å². The highest BCUT2D eigenvalue weighted by atomic mass is 35.5. The average molecular weight is 463 g/mol. The van der Waals surface area contributed by atoms with Crippen LogP contribution in [0.25, 0.3) is 0 Å². The molecule has 0 radical (unpaired) electrons. The highest BCUT2D eigenvalue weighted by Gasteiger charge is 2.27. The second kappa shape index (κ2) is 8.68. The third kappa shape index (κ3) is 5.23. The molecule has 10 heteroatoms. The number of nitrogens with zero attached hydrogens (tertiary/aromatic N) is 3. The van der Waals surface area contributed by atoms with Gasteiger partial charge in [-0.2, -0.15) is 13.5 Å². The summed E-state index contributed by atoms with van der Waals surface area (Å²) in [6, 6.07) is 9.58. The molecule has 8 nitrogen and oxygen atoms in total. The molecule has 2 heterocycles. The third-order valence-corrected chi connectivity index (χ3v) is 6.11. The molecule has 3 rings (SSSR count). The molecule has 3 aromatic rings. The number of rotatable bonds is 6. The standard InChI is InChI=1S/C21H23ClN4O4S/c1-21(2,3)18-9-8-17(30-4)20(24-18)31(28,29)25-19(27)14-6-7-15(16(22)12-14)13-26-11-5-10-23-26/h5-12H,13H2,1-4H3,(H,25,27). The van der Waals surface area contributed by atoms with E-state index in [0.717, 1.165) is 5.56 Å². The lowest BCUT2D eigenvalue weighted by Crippen LogP contribution is -2.32. The molecule has 0 spiro atoms. The van der Waals surface area contributed by atoms with Crippen molar-refractivity contribution in [1.29, 1.82) is 0 Å². The van der Waals surface area contributed by atoms with Crippen molar-refractivity contribution in [3.05, 3.63) is 70.6 Å². The van der Waals surface area contributed by atoms with Crippen LogP contribution in [0, 0.1) is 0 Å². The van der Waals surface area contributed by atoms with E-state index in [1.165, 1.54) is 25.3 Å². The molecular weight excluding hydrogens is 440 g/mol. The van der Waals surface area contributed by atoms with Crippen LogP contribution in [0.5, 0.6) is 5.75 Å². The largest absolute Gasteiger partial charge is 0.494 e. The minimum atomic E-state index is -4.29. The fourth-order valence-corrected chi connectivity index (χ4v) is 4.14. The van der Waals surface area contributed by atoms with Crippen molar-refractivity contribution in [2.45, 2.75) is 37.8 Å². The number of carbonyl (C=O) groups excluding carboxylic acids is 1. The highest BCUT2D eigenvalue weighted by molar-refractivity contribution is 7.90. The summed E-state index contributed by atoms with van der Waals surface area (Å²) < 4.78 is 34.7. The van der Waals surface area contributed by atoms with Gasteiger partial charge in [-0.3, -0.25) is 9.48 Å². The molecule has 1 aromatic carbocycles. The Labute approximate surface area is 186 Å².